The molecule has 7 nitrogen and oxygen atoms in total. The van der Waals surface area contributed by atoms with Crippen molar-refractivity contribution in [3.8, 4) is 0 Å². The van der Waals surface area contributed by atoms with Gasteiger partial charge in [-0.25, -0.2) is 0 Å². The predicted octanol–water partition coefficient (Wildman–Crippen LogP) is 4.14. The number of carbonyl (C=O) groups excluding carboxylic acids is 2. The topological polar surface area (TPSA) is 94.1 Å². The molecule has 156 valence electrons. The molecule has 0 saturated carbocycles. The molecule has 31 heavy (non-hydrogen) atoms. The number of nitrogens with zero attached hydrogens (tertiary/aromatic N) is 1. The van der Waals surface area contributed by atoms with E-state index in [9.17, 15) is 14.2 Å². The summed E-state index contributed by atoms with van der Waals surface area (Å²) in [7, 11) is -1.36. The molecule has 1 aliphatic carbocycles. The van der Waals surface area contributed by atoms with E-state index in [-0.39, 0.29) is 5.45 Å². The Kier molecular flexibility index (Phi) is 4.45. The molecule has 0 radical (unpaired) electrons. The second-order valence-electron chi connectivity index (χ2n) is 7.46. The van der Waals surface area contributed by atoms with Gasteiger partial charge in [0.1, 0.15) is 0 Å². The minimum Gasteiger partial charge on any atom is -0.308 e. The maximum atomic E-state index is 13.7. The van der Waals surface area contributed by atoms with Crippen LogP contribution in [0.3, 0.4) is 0 Å². The van der Waals surface area contributed by atoms with Crippen molar-refractivity contribution in [2.75, 3.05) is 14.2 Å². The number of benzene rings is 3. The zero-order valence-corrected chi connectivity index (χ0v) is 17.8. The van der Waals surface area contributed by atoms with Crippen molar-refractivity contribution >= 4 is 35.4 Å². The molecule has 0 aromatic heterocycles. The summed E-state index contributed by atoms with van der Waals surface area (Å²) in [6, 6.07) is 19.9. The second kappa shape index (κ2) is 6.95. The van der Waals surface area contributed by atoms with Gasteiger partial charge in [-0.15, -0.1) is 0 Å². The summed E-state index contributed by atoms with van der Waals surface area (Å²) in [5, 5.41) is 5.98. The minimum absolute atomic E-state index is 0.00311. The van der Waals surface area contributed by atoms with Gasteiger partial charge < -0.3 is 9.05 Å². The highest BCUT2D eigenvalue weighted by Crippen LogP contribution is 2.58. The molecule has 1 atom stereocenters. The zero-order chi connectivity index (χ0) is 21.8. The molecule has 0 fully saturated rings. The quantitative estimate of drug-likeness (QED) is 0.490. The number of carbonyl (C=O) groups is 2. The van der Waals surface area contributed by atoms with E-state index < -0.39 is 30.6 Å². The highest BCUT2D eigenvalue weighted by atomic mass is 31.2. The molecule has 1 N–H and O–H groups in total. The Morgan fingerprint density at radius 2 is 1.45 bits per heavy atom. The molecular weight excluding hydrogens is 415 g/mol. The van der Waals surface area contributed by atoms with Crippen molar-refractivity contribution in [3.05, 3.63) is 83.4 Å². The van der Waals surface area contributed by atoms with Crippen LogP contribution in [-0.4, -0.2) is 36.8 Å². The van der Waals surface area contributed by atoms with Gasteiger partial charge in [0.05, 0.1) is 5.92 Å². The number of hydrogen-bond acceptors (Lipinski definition) is 7. The maximum absolute atomic E-state index is 13.7. The average Bonchev–Trinajstić information content (AvgIpc) is 3.32. The smallest absolute Gasteiger partial charge is 0.308 e. The molecule has 1 aliphatic heterocycles. The molecule has 8 heteroatoms. The highest BCUT2D eigenvalue weighted by molar-refractivity contribution is 7.72. The lowest BCUT2D eigenvalue weighted by Crippen LogP contribution is -2.54. The lowest BCUT2D eigenvalue weighted by atomic mass is 9.76. The summed E-state index contributed by atoms with van der Waals surface area (Å²) in [4.78, 5) is 27.3. The van der Waals surface area contributed by atoms with Crippen LogP contribution in [0.1, 0.15) is 32.2 Å². The molecule has 0 saturated heterocycles. The number of Topliss-reactive ketones (excluding diaryl/α,β-unsaturated/α-hetero) is 2. The third-order valence-electron chi connectivity index (χ3n) is 6.07. The Morgan fingerprint density at radius 1 is 0.871 bits per heavy atom. The summed E-state index contributed by atoms with van der Waals surface area (Å²) in [5.41, 5.74) is 2.29. The average molecular weight is 434 g/mol. The first-order valence-corrected chi connectivity index (χ1v) is 11.3. The van der Waals surface area contributed by atoms with Crippen molar-refractivity contribution in [3.63, 3.8) is 0 Å². The molecule has 1 unspecified atom stereocenters. The summed E-state index contributed by atoms with van der Waals surface area (Å²) in [5.74, 6) is -1.80. The van der Waals surface area contributed by atoms with Crippen molar-refractivity contribution in [1.82, 2.24) is 5.43 Å². The van der Waals surface area contributed by atoms with Gasteiger partial charge in [0.2, 0.25) is 0 Å². The van der Waals surface area contributed by atoms with Crippen LogP contribution in [0.5, 0.6) is 0 Å². The van der Waals surface area contributed by atoms with Gasteiger partial charge in [-0.3, -0.25) is 19.6 Å². The van der Waals surface area contributed by atoms with Gasteiger partial charge in [0.25, 0.3) is 0 Å². The Labute approximate surface area is 178 Å². The van der Waals surface area contributed by atoms with Gasteiger partial charge in [0, 0.05) is 25.3 Å². The normalized spacial score (nSPS) is 19.5. The van der Waals surface area contributed by atoms with Crippen LogP contribution in [0.2, 0.25) is 0 Å². The van der Waals surface area contributed by atoms with E-state index in [1.54, 1.807) is 24.3 Å². The zero-order valence-electron chi connectivity index (χ0n) is 16.9. The first-order chi connectivity index (χ1) is 15.0. The van der Waals surface area contributed by atoms with Gasteiger partial charge >= 0.3 is 7.60 Å². The highest BCUT2D eigenvalue weighted by Gasteiger charge is 2.65. The Bertz CT molecular complexity index is 1280. The third kappa shape index (κ3) is 2.54. The number of fused-ring (bicyclic) bond motifs is 2. The predicted molar refractivity (Wildman–Crippen MR) is 117 cm³/mol. The Morgan fingerprint density at radius 3 is 2.10 bits per heavy atom. The molecule has 2 aliphatic rings. The molecule has 3 aromatic rings. The standard InChI is InChI=1S/C23H19N2O5P/c1-29-31(28,30-2)22-19(16-13-7-9-14-8-3-4-10-15(14)16)23(25-24-22)20(26)17-11-5-6-12-18(17)21(23)27/h3-13,19,25H,1-2H3. The van der Waals surface area contributed by atoms with E-state index in [4.69, 9.17) is 9.05 Å². The number of hydrazone groups is 1. The Balaban J connectivity index is 1.81. The van der Waals surface area contributed by atoms with Crippen LogP contribution in [0.25, 0.3) is 10.8 Å². The van der Waals surface area contributed by atoms with Crippen LogP contribution in [-0.2, 0) is 13.6 Å². The van der Waals surface area contributed by atoms with Crippen LogP contribution < -0.4 is 5.43 Å². The van der Waals surface area contributed by atoms with E-state index in [1.165, 1.54) is 14.2 Å². The number of nitrogens with one attached hydrogen (secondary N) is 1. The van der Waals surface area contributed by atoms with E-state index in [0.717, 1.165) is 10.8 Å². The van der Waals surface area contributed by atoms with Crippen LogP contribution >= 0.6 is 7.60 Å². The van der Waals surface area contributed by atoms with Crippen molar-refractivity contribution in [2.45, 2.75) is 11.5 Å². The fraction of sp³-hybridized carbons (Fsp3) is 0.174. The van der Waals surface area contributed by atoms with Gasteiger partial charge in [-0.1, -0.05) is 66.7 Å². The van der Waals surface area contributed by atoms with E-state index in [0.29, 0.717) is 16.7 Å². The molecule has 1 heterocycles. The molecule has 3 aromatic carbocycles. The minimum atomic E-state index is -3.87. The summed E-state index contributed by atoms with van der Waals surface area (Å²) < 4.78 is 23.9. The summed E-state index contributed by atoms with van der Waals surface area (Å²) >= 11 is 0. The van der Waals surface area contributed by atoms with Crippen LogP contribution in [0.4, 0.5) is 0 Å². The van der Waals surface area contributed by atoms with Gasteiger partial charge in [-0.2, -0.15) is 5.10 Å². The van der Waals surface area contributed by atoms with Crippen LogP contribution in [0, 0.1) is 0 Å². The largest absolute Gasteiger partial charge is 0.377 e. The first-order valence-electron chi connectivity index (χ1n) is 9.71. The number of rotatable bonds is 4. The molecule has 5 rings (SSSR count). The second-order valence-corrected chi connectivity index (χ2v) is 9.64. The van der Waals surface area contributed by atoms with E-state index >= 15 is 0 Å². The Hall–Kier alpha value is -3.12. The van der Waals surface area contributed by atoms with Crippen molar-refractivity contribution in [2.24, 2.45) is 5.10 Å². The SMILES string of the molecule is COP(=O)(OC)C1=NNC2(C(=O)c3ccccc3C2=O)C1c1cccc2ccccc12. The first kappa shape index (κ1) is 19.8. The maximum Gasteiger partial charge on any atom is 0.377 e. The fourth-order valence-corrected chi connectivity index (χ4v) is 5.94. The molecular formula is C23H19N2O5P. The summed E-state index contributed by atoms with van der Waals surface area (Å²) in [6.07, 6.45) is 0. The molecule has 0 bridgehead atoms. The molecule has 0 amide bonds. The monoisotopic (exact) mass is 434 g/mol. The van der Waals surface area contributed by atoms with Gasteiger partial charge in [-0.05, 0) is 16.3 Å². The van der Waals surface area contributed by atoms with E-state index in [1.807, 2.05) is 42.5 Å². The van der Waals surface area contributed by atoms with Crippen molar-refractivity contribution in [1.29, 1.82) is 0 Å². The lowest BCUT2D eigenvalue weighted by molar-refractivity contribution is 0.0762. The van der Waals surface area contributed by atoms with Gasteiger partial charge in [0.15, 0.2) is 22.6 Å². The lowest BCUT2D eigenvalue weighted by Gasteiger charge is -2.30. The fourth-order valence-electron chi connectivity index (χ4n) is 4.59. The number of ketones is 2. The van der Waals surface area contributed by atoms with Crippen LogP contribution in [0.15, 0.2) is 71.8 Å². The van der Waals surface area contributed by atoms with Crippen molar-refractivity contribution < 1.29 is 23.2 Å². The van der Waals surface area contributed by atoms with E-state index in [2.05, 4.69) is 10.5 Å². The summed E-state index contributed by atoms with van der Waals surface area (Å²) in [6.45, 7) is 0. The number of hydrogen-bond donors (Lipinski definition) is 1. The third-order valence-corrected chi connectivity index (χ3v) is 7.95. The molecule has 1 spiro atoms.